The Balaban J connectivity index is 4.14. The number of amides is 1. The van der Waals surface area contributed by atoms with Crippen molar-refractivity contribution in [1.29, 1.82) is 0 Å². The number of unbranched alkanes of at least 4 members (excludes halogenated alkanes) is 5. The monoisotopic (exact) mass is 373 g/mol. The standard InChI is InChI=1S/C20H39NO5/c1-3-5-7-8-9-10-11-12-14-18(24)20(26)21-16(15-22)19(25)17(23)13-6-4-2/h10-11,16-19,22-25H,3-9,12-15H2,1-2H3,(H,21,26)/b11-10-. The van der Waals surface area contributed by atoms with Gasteiger partial charge in [-0.2, -0.15) is 0 Å². The highest BCUT2D eigenvalue weighted by Gasteiger charge is 2.28. The zero-order valence-corrected chi connectivity index (χ0v) is 16.4. The van der Waals surface area contributed by atoms with Gasteiger partial charge in [-0.05, 0) is 32.1 Å². The Morgan fingerprint density at radius 2 is 1.58 bits per heavy atom. The fraction of sp³-hybridized carbons (Fsp3) is 0.850. The first kappa shape index (κ1) is 25.1. The van der Waals surface area contributed by atoms with E-state index in [9.17, 15) is 25.2 Å². The molecule has 0 heterocycles. The Bertz CT molecular complexity index is 375. The summed E-state index contributed by atoms with van der Waals surface area (Å²) in [6, 6.07) is -0.988. The molecule has 0 aromatic carbocycles. The van der Waals surface area contributed by atoms with E-state index in [2.05, 4.69) is 18.3 Å². The van der Waals surface area contributed by atoms with Crippen LogP contribution in [0.5, 0.6) is 0 Å². The molecule has 0 aliphatic rings. The minimum atomic E-state index is -1.26. The summed E-state index contributed by atoms with van der Waals surface area (Å²) in [7, 11) is 0. The van der Waals surface area contributed by atoms with Crippen molar-refractivity contribution < 1.29 is 25.2 Å². The minimum absolute atomic E-state index is 0.282. The second kappa shape index (κ2) is 16.2. The molecule has 6 nitrogen and oxygen atoms in total. The fourth-order valence-electron chi connectivity index (χ4n) is 2.68. The molecule has 0 spiro atoms. The normalized spacial score (nSPS) is 16.4. The highest BCUT2D eigenvalue weighted by Crippen LogP contribution is 2.09. The van der Waals surface area contributed by atoms with Gasteiger partial charge in [-0.15, -0.1) is 0 Å². The van der Waals surface area contributed by atoms with Crippen molar-refractivity contribution in [2.75, 3.05) is 6.61 Å². The van der Waals surface area contributed by atoms with Crippen molar-refractivity contribution >= 4 is 5.91 Å². The lowest BCUT2D eigenvalue weighted by Crippen LogP contribution is -2.53. The Hall–Kier alpha value is -0.950. The van der Waals surface area contributed by atoms with Gasteiger partial charge < -0.3 is 25.7 Å². The van der Waals surface area contributed by atoms with Crippen LogP contribution in [0.15, 0.2) is 12.2 Å². The van der Waals surface area contributed by atoms with Crippen LogP contribution in [0.1, 0.15) is 78.1 Å². The van der Waals surface area contributed by atoms with Crippen molar-refractivity contribution in [3.63, 3.8) is 0 Å². The van der Waals surface area contributed by atoms with Gasteiger partial charge >= 0.3 is 0 Å². The molecule has 0 bridgehead atoms. The number of hydrogen-bond acceptors (Lipinski definition) is 5. The maximum absolute atomic E-state index is 12.0. The first-order chi connectivity index (χ1) is 12.5. The molecule has 1 amide bonds. The van der Waals surface area contributed by atoms with Crippen LogP contribution >= 0.6 is 0 Å². The van der Waals surface area contributed by atoms with E-state index in [1.54, 1.807) is 0 Å². The average molecular weight is 374 g/mol. The summed E-state index contributed by atoms with van der Waals surface area (Å²) in [6.07, 6.45) is 9.32. The molecular weight excluding hydrogens is 334 g/mol. The second-order valence-corrected chi connectivity index (χ2v) is 6.91. The molecule has 4 unspecified atom stereocenters. The first-order valence-electron chi connectivity index (χ1n) is 10.1. The number of aliphatic hydroxyl groups is 4. The lowest BCUT2D eigenvalue weighted by atomic mass is 10.0. The van der Waals surface area contributed by atoms with E-state index in [0.717, 1.165) is 25.7 Å². The topological polar surface area (TPSA) is 110 Å². The van der Waals surface area contributed by atoms with Crippen molar-refractivity contribution in [2.45, 2.75) is 102 Å². The van der Waals surface area contributed by atoms with E-state index in [-0.39, 0.29) is 6.42 Å². The number of aliphatic hydroxyl groups excluding tert-OH is 4. The van der Waals surface area contributed by atoms with Crippen LogP contribution in [0.25, 0.3) is 0 Å². The first-order valence-corrected chi connectivity index (χ1v) is 10.1. The largest absolute Gasteiger partial charge is 0.394 e. The molecule has 0 radical (unpaired) electrons. The summed E-state index contributed by atoms with van der Waals surface area (Å²) in [5, 5.41) is 41.7. The van der Waals surface area contributed by atoms with E-state index < -0.39 is 36.9 Å². The Labute approximate surface area is 158 Å². The van der Waals surface area contributed by atoms with Crippen molar-refractivity contribution in [3.05, 3.63) is 12.2 Å². The Morgan fingerprint density at radius 1 is 0.923 bits per heavy atom. The van der Waals surface area contributed by atoms with Crippen LogP contribution < -0.4 is 5.32 Å². The molecule has 154 valence electrons. The van der Waals surface area contributed by atoms with Gasteiger partial charge in [0.2, 0.25) is 5.91 Å². The maximum atomic E-state index is 12.0. The number of nitrogens with one attached hydrogen (secondary N) is 1. The predicted octanol–water partition coefficient (Wildman–Crippen LogP) is 2.04. The predicted molar refractivity (Wildman–Crippen MR) is 104 cm³/mol. The molecule has 26 heavy (non-hydrogen) atoms. The lowest BCUT2D eigenvalue weighted by Gasteiger charge is -2.27. The SMILES string of the molecule is CCCCCC/C=C\CCC(O)C(=O)NC(CO)C(O)C(O)CCCC. The summed E-state index contributed by atoms with van der Waals surface area (Å²) in [5.74, 6) is -0.637. The molecule has 0 fully saturated rings. The van der Waals surface area contributed by atoms with E-state index in [4.69, 9.17) is 0 Å². The fourth-order valence-corrected chi connectivity index (χ4v) is 2.68. The summed E-state index contributed by atoms with van der Waals surface area (Å²) >= 11 is 0. The summed E-state index contributed by atoms with van der Waals surface area (Å²) in [6.45, 7) is 3.65. The van der Waals surface area contributed by atoms with E-state index in [1.165, 1.54) is 19.3 Å². The molecule has 0 aromatic rings. The van der Waals surface area contributed by atoms with Gasteiger partial charge in [0.15, 0.2) is 0 Å². The molecule has 0 aliphatic carbocycles. The number of rotatable bonds is 16. The summed E-state index contributed by atoms with van der Waals surface area (Å²) in [5.41, 5.74) is 0. The Kier molecular flexibility index (Phi) is 15.6. The molecule has 0 saturated carbocycles. The van der Waals surface area contributed by atoms with Crippen LogP contribution in [-0.4, -0.2) is 57.3 Å². The van der Waals surface area contributed by atoms with Crippen molar-refractivity contribution in [2.24, 2.45) is 0 Å². The van der Waals surface area contributed by atoms with Gasteiger partial charge in [0, 0.05) is 0 Å². The van der Waals surface area contributed by atoms with Crippen LogP contribution in [0, 0.1) is 0 Å². The zero-order valence-electron chi connectivity index (χ0n) is 16.4. The smallest absolute Gasteiger partial charge is 0.249 e. The van der Waals surface area contributed by atoms with Gasteiger partial charge in [-0.1, -0.05) is 58.1 Å². The number of allylic oxidation sites excluding steroid dienone is 2. The summed E-state index contributed by atoms with van der Waals surface area (Å²) < 4.78 is 0. The van der Waals surface area contributed by atoms with E-state index >= 15 is 0 Å². The summed E-state index contributed by atoms with van der Waals surface area (Å²) in [4.78, 5) is 12.0. The van der Waals surface area contributed by atoms with Crippen LogP contribution in [0.4, 0.5) is 0 Å². The van der Waals surface area contributed by atoms with Crippen LogP contribution in [-0.2, 0) is 4.79 Å². The zero-order chi connectivity index (χ0) is 19.8. The average Bonchev–Trinajstić information content (AvgIpc) is 2.65. The highest BCUT2D eigenvalue weighted by atomic mass is 16.3. The van der Waals surface area contributed by atoms with Crippen molar-refractivity contribution in [1.82, 2.24) is 5.32 Å². The van der Waals surface area contributed by atoms with Crippen molar-refractivity contribution in [3.8, 4) is 0 Å². The molecule has 0 aliphatic heterocycles. The van der Waals surface area contributed by atoms with E-state index in [0.29, 0.717) is 12.8 Å². The van der Waals surface area contributed by atoms with Gasteiger partial charge in [-0.3, -0.25) is 4.79 Å². The number of hydrogen-bond donors (Lipinski definition) is 5. The lowest BCUT2D eigenvalue weighted by molar-refractivity contribution is -0.132. The number of carbonyl (C=O) groups excluding carboxylic acids is 1. The highest BCUT2D eigenvalue weighted by molar-refractivity contribution is 5.80. The molecule has 5 N–H and O–H groups in total. The van der Waals surface area contributed by atoms with Gasteiger partial charge in [0.05, 0.1) is 18.8 Å². The third-order valence-electron chi connectivity index (χ3n) is 4.48. The molecule has 0 aromatic heterocycles. The number of carbonyl (C=O) groups is 1. The van der Waals surface area contributed by atoms with Gasteiger partial charge in [0.1, 0.15) is 12.2 Å². The second-order valence-electron chi connectivity index (χ2n) is 6.91. The molecule has 0 saturated heterocycles. The Morgan fingerprint density at radius 3 is 2.19 bits per heavy atom. The quantitative estimate of drug-likeness (QED) is 0.210. The van der Waals surface area contributed by atoms with Crippen LogP contribution in [0.3, 0.4) is 0 Å². The van der Waals surface area contributed by atoms with Gasteiger partial charge in [-0.25, -0.2) is 0 Å². The van der Waals surface area contributed by atoms with Crippen LogP contribution in [0.2, 0.25) is 0 Å². The van der Waals surface area contributed by atoms with Gasteiger partial charge in [0.25, 0.3) is 0 Å². The molecule has 0 rings (SSSR count). The molecular formula is C20H39NO5. The maximum Gasteiger partial charge on any atom is 0.249 e. The molecule has 4 atom stereocenters. The third-order valence-corrected chi connectivity index (χ3v) is 4.48. The van der Waals surface area contributed by atoms with E-state index in [1.807, 2.05) is 13.0 Å². The molecule has 6 heteroatoms. The minimum Gasteiger partial charge on any atom is -0.394 e. The third kappa shape index (κ3) is 11.6.